The Kier molecular flexibility index (Phi) is 5.71. The molecule has 0 spiro atoms. The molecule has 9 heteroatoms. The molecule has 0 bridgehead atoms. The van der Waals surface area contributed by atoms with Crippen LogP contribution in [0.5, 0.6) is 0 Å². The zero-order chi connectivity index (χ0) is 20.9. The maximum absolute atomic E-state index is 12.4. The van der Waals surface area contributed by atoms with Crippen molar-refractivity contribution in [2.24, 2.45) is 0 Å². The molecular weight excluding hydrogens is 388 g/mol. The topological polar surface area (TPSA) is 104 Å². The zero-order valence-corrected chi connectivity index (χ0v) is 16.1. The van der Waals surface area contributed by atoms with E-state index in [2.05, 4.69) is 10.00 Å². The summed E-state index contributed by atoms with van der Waals surface area (Å²) in [6.45, 7) is 3.39. The summed E-state index contributed by atoms with van der Waals surface area (Å²) in [5, 5.41) is 14.6. The van der Waals surface area contributed by atoms with Gasteiger partial charge in [0.05, 0.1) is 24.7 Å². The molecule has 1 aliphatic rings. The van der Waals surface area contributed by atoms with Crippen molar-refractivity contribution >= 4 is 23.2 Å². The number of ether oxygens (including phenoxy) is 1. The van der Waals surface area contributed by atoms with Gasteiger partial charge in [-0.1, -0.05) is 0 Å². The van der Waals surface area contributed by atoms with Crippen LogP contribution >= 0.6 is 0 Å². The summed E-state index contributed by atoms with van der Waals surface area (Å²) in [6.07, 6.45) is 5.59. The lowest BCUT2D eigenvalue weighted by atomic mass is 10.1. The molecule has 154 valence electrons. The fraction of sp³-hybridized carbons (Fsp3) is 0.238. The van der Waals surface area contributed by atoms with Crippen molar-refractivity contribution in [3.8, 4) is 0 Å². The van der Waals surface area contributed by atoms with Gasteiger partial charge in [-0.05, 0) is 48.6 Å². The molecular formula is C21H20N4O5. The normalized spacial score (nSPS) is 14.3. The van der Waals surface area contributed by atoms with Crippen molar-refractivity contribution in [1.82, 2.24) is 9.78 Å². The number of nitro groups is 1. The summed E-state index contributed by atoms with van der Waals surface area (Å²) in [4.78, 5) is 24.9. The van der Waals surface area contributed by atoms with Crippen molar-refractivity contribution in [1.29, 1.82) is 0 Å². The molecule has 3 heterocycles. The Morgan fingerprint density at radius 2 is 1.93 bits per heavy atom. The van der Waals surface area contributed by atoms with Crippen LogP contribution in [0.4, 0.5) is 11.4 Å². The number of furan rings is 1. The van der Waals surface area contributed by atoms with Gasteiger partial charge in [0.2, 0.25) is 0 Å². The Hall–Kier alpha value is -3.72. The quantitative estimate of drug-likeness (QED) is 0.256. The monoisotopic (exact) mass is 408 g/mol. The van der Waals surface area contributed by atoms with Crippen molar-refractivity contribution in [3.63, 3.8) is 0 Å². The number of ketones is 1. The smallest absolute Gasteiger partial charge is 0.307 e. The lowest BCUT2D eigenvalue weighted by Crippen LogP contribution is -2.36. The van der Waals surface area contributed by atoms with E-state index in [1.165, 1.54) is 23.2 Å². The Morgan fingerprint density at radius 3 is 2.63 bits per heavy atom. The van der Waals surface area contributed by atoms with E-state index in [-0.39, 0.29) is 18.0 Å². The van der Waals surface area contributed by atoms with Crippen LogP contribution in [0.15, 0.2) is 59.3 Å². The molecule has 0 aliphatic carbocycles. The summed E-state index contributed by atoms with van der Waals surface area (Å²) < 4.78 is 12.4. The first kappa shape index (κ1) is 19.6. The summed E-state index contributed by atoms with van der Waals surface area (Å²) in [7, 11) is 0. The molecule has 2 aromatic heterocycles. The van der Waals surface area contributed by atoms with E-state index >= 15 is 0 Å². The zero-order valence-electron chi connectivity index (χ0n) is 16.1. The maximum Gasteiger partial charge on any atom is 0.307 e. The number of morpholine rings is 1. The van der Waals surface area contributed by atoms with E-state index < -0.39 is 4.92 Å². The molecule has 3 aromatic rings. The van der Waals surface area contributed by atoms with Crippen LogP contribution < -0.4 is 4.90 Å². The largest absolute Gasteiger partial charge is 0.460 e. The summed E-state index contributed by atoms with van der Waals surface area (Å²) in [6, 6.07) is 11.0. The van der Waals surface area contributed by atoms with E-state index in [0.29, 0.717) is 30.3 Å². The van der Waals surface area contributed by atoms with Crippen LogP contribution in [-0.4, -0.2) is 46.8 Å². The minimum Gasteiger partial charge on any atom is -0.460 e. The van der Waals surface area contributed by atoms with E-state index in [1.807, 2.05) is 24.3 Å². The van der Waals surface area contributed by atoms with Crippen LogP contribution in [0, 0.1) is 10.1 Å². The standard InChI is InChI=1S/C21H20N4O5/c26-21(16-1-3-17(4-2-16)23-9-11-29-12-10-23)8-7-19-5-6-20(30-19)15-24-14-18(13-22-24)25(27)28/h1-8,13-14H,9-12,15H2/b8-7+. The SMILES string of the molecule is O=C(/C=C/c1ccc(Cn2cc([N+](=O)[O-])cn2)o1)c1ccc(N2CCOCC2)cc1. The molecule has 1 saturated heterocycles. The highest BCUT2D eigenvalue weighted by molar-refractivity contribution is 6.06. The van der Waals surface area contributed by atoms with E-state index in [9.17, 15) is 14.9 Å². The van der Waals surface area contributed by atoms with Gasteiger partial charge in [-0.3, -0.25) is 19.6 Å². The van der Waals surface area contributed by atoms with Gasteiger partial charge in [-0.15, -0.1) is 0 Å². The predicted octanol–water partition coefficient (Wildman–Crippen LogP) is 3.17. The van der Waals surface area contributed by atoms with E-state index in [0.717, 1.165) is 18.8 Å². The minimum atomic E-state index is -0.501. The molecule has 4 rings (SSSR count). The van der Waals surface area contributed by atoms with Gasteiger partial charge in [-0.25, -0.2) is 0 Å². The van der Waals surface area contributed by atoms with Crippen molar-refractivity contribution in [2.75, 3.05) is 31.2 Å². The minimum absolute atomic E-state index is 0.0769. The molecule has 0 atom stereocenters. The number of benzene rings is 1. The number of allylic oxidation sites excluding steroid dienone is 1. The van der Waals surface area contributed by atoms with Crippen LogP contribution in [-0.2, 0) is 11.3 Å². The Labute approximate surface area is 172 Å². The van der Waals surface area contributed by atoms with Crippen molar-refractivity contribution in [2.45, 2.75) is 6.54 Å². The molecule has 0 amide bonds. The Balaban J connectivity index is 1.36. The van der Waals surface area contributed by atoms with Crippen LogP contribution in [0.2, 0.25) is 0 Å². The average Bonchev–Trinajstić information content (AvgIpc) is 3.43. The summed E-state index contributed by atoms with van der Waals surface area (Å²) >= 11 is 0. The molecule has 9 nitrogen and oxygen atoms in total. The van der Waals surface area contributed by atoms with Crippen molar-refractivity contribution < 1.29 is 18.9 Å². The van der Waals surface area contributed by atoms with E-state index in [4.69, 9.17) is 9.15 Å². The average molecular weight is 408 g/mol. The summed E-state index contributed by atoms with van der Waals surface area (Å²) in [5.74, 6) is 0.976. The van der Waals surface area contributed by atoms with Gasteiger partial charge < -0.3 is 14.1 Å². The number of anilines is 1. The lowest BCUT2D eigenvalue weighted by molar-refractivity contribution is -0.385. The highest BCUT2D eigenvalue weighted by Gasteiger charge is 2.12. The third-order valence-electron chi connectivity index (χ3n) is 4.76. The van der Waals surface area contributed by atoms with Gasteiger partial charge in [0.15, 0.2) is 5.78 Å². The number of carbonyl (C=O) groups is 1. The van der Waals surface area contributed by atoms with Crippen LogP contribution in [0.25, 0.3) is 6.08 Å². The first-order valence-electron chi connectivity index (χ1n) is 9.49. The third-order valence-corrected chi connectivity index (χ3v) is 4.76. The molecule has 30 heavy (non-hydrogen) atoms. The number of aromatic nitrogens is 2. The lowest BCUT2D eigenvalue weighted by Gasteiger charge is -2.28. The molecule has 0 radical (unpaired) electrons. The third kappa shape index (κ3) is 4.64. The van der Waals surface area contributed by atoms with Crippen molar-refractivity contribution in [3.05, 3.63) is 82.1 Å². The molecule has 0 unspecified atom stereocenters. The van der Waals surface area contributed by atoms with Crippen LogP contribution in [0.3, 0.4) is 0 Å². The second kappa shape index (κ2) is 8.75. The molecule has 0 N–H and O–H groups in total. The van der Waals surface area contributed by atoms with Gasteiger partial charge in [0.25, 0.3) is 0 Å². The fourth-order valence-electron chi connectivity index (χ4n) is 3.17. The first-order chi connectivity index (χ1) is 14.6. The van der Waals surface area contributed by atoms with Gasteiger partial charge in [0.1, 0.15) is 23.9 Å². The fourth-order valence-corrected chi connectivity index (χ4v) is 3.17. The molecule has 1 aromatic carbocycles. The molecule has 0 saturated carbocycles. The summed E-state index contributed by atoms with van der Waals surface area (Å²) in [5.41, 5.74) is 1.60. The second-order valence-electron chi connectivity index (χ2n) is 6.80. The predicted molar refractivity (Wildman–Crippen MR) is 110 cm³/mol. The highest BCUT2D eigenvalue weighted by Crippen LogP contribution is 2.18. The van der Waals surface area contributed by atoms with Gasteiger partial charge in [0, 0.05) is 24.3 Å². The van der Waals surface area contributed by atoms with Crippen LogP contribution in [0.1, 0.15) is 21.9 Å². The number of hydrogen-bond acceptors (Lipinski definition) is 7. The Bertz CT molecular complexity index is 1060. The van der Waals surface area contributed by atoms with Gasteiger partial charge in [-0.2, -0.15) is 5.10 Å². The number of carbonyl (C=O) groups excluding carboxylic acids is 1. The number of rotatable bonds is 7. The second-order valence-corrected chi connectivity index (χ2v) is 6.80. The Morgan fingerprint density at radius 1 is 1.17 bits per heavy atom. The molecule has 1 aliphatic heterocycles. The number of hydrogen-bond donors (Lipinski definition) is 0. The maximum atomic E-state index is 12.4. The highest BCUT2D eigenvalue weighted by atomic mass is 16.6. The van der Waals surface area contributed by atoms with E-state index in [1.54, 1.807) is 18.2 Å². The molecule has 1 fully saturated rings. The first-order valence-corrected chi connectivity index (χ1v) is 9.49. The number of nitrogens with zero attached hydrogens (tertiary/aromatic N) is 4. The van der Waals surface area contributed by atoms with Gasteiger partial charge >= 0.3 is 5.69 Å².